The summed E-state index contributed by atoms with van der Waals surface area (Å²) in [5.74, 6) is 0. The largest absolute Gasteiger partial charge is 0.424 e. The summed E-state index contributed by atoms with van der Waals surface area (Å²) in [5.41, 5.74) is -0.0632. The minimum Gasteiger partial charge on any atom is -0.385 e. The van der Waals surface area contributed by atoms with Crippen molar-refractivity contribution in [1.82, 2.24) is 0 Å². The zero-order valence-corrected chi connectivity index (χ0v) is 9.87. The minimum atomic E-state index is -4.94. The molecule has 16 heavy (non-hydrogen) atoms. The average molecular weight is 293 g/mol. The van der Waals surface area contributed by atoms with E-state index in [4.69, 9.17) is 34.8 Å². The van der Waals surface area contributed by atoms with E-state index in [0.29, 0.717) is 5.02 Å². The van der Waals surface area contributed by atoms with Crippen molar-refractivity contribution in [2.75, 3.05) is 0 Å². The van der Waals surface area contributed by atoms with Crippen molar-refractivity contribution in [3.8, 4) is 0 Å². The lowest BCUT2D eigenvalue weighted by Gasteiger charge is -2.28. The first-order valence-electron chi connectivity index (χ1n) is 4.04. The Balaban J connectivity index is 3.02. The Bertz CT molecular complexity index is 361. The van der Waals surface area contributed by atoms with Gasteiger partial charge in [0.25, 0.3) is 0 Å². The molecule has 1 aromatic carbocycles. The number of alkyl halides is 5. The molecule has 0 aliphatic carbocycles. The van der Waals surface area contributed by atoms with Crippen LogP contribution in [0, 0.1) is 0 Å². The Morgan fingerprint density at radius 2 is 1.50 bits per heavy atom. The smallest absolute Gasteiger partial charge is 0.385 e. The van der Waals surface area contributed by atoms with Gasteiger partial charge in [0.05, 0.1) is 0 Å². The third-order valence-corrected chi connectivity index (χ3v) is 3.00. The fraction of sp³-hybridized carbons (Fsp3) is 0.333. The summed E-state index contributed by atoms with van der Waals surface area (Å²) in [6.45, 7) is 0. The Kier molecular flexibility index (Phi) is 4.00. The van der Waals surface area contributed by atoms with Crippen molar-refractivity contribution in [3.05, 3.63) is 34.9 Å². The first-order valence-corrected chi connectivity index (χ1v) is 5.17. The lowest BCUT2D eigenvalue weighted by Crippen LogP contribution is -2.40. The van der Waals surface area contributed by atoms with E-state index in [9.17, 15) is 18.3 Å². The molecule has 0 aliphatic heterocycles. The highest BCUT2D eigenvalue weighted by Gasteiger charge is 2.57. The van der Waals surface area contributed by atoms with Gasteiger partial charge in [-0.2, -0.15) is 13.2 Å². The van der Waals surface area contributed by atoms with Crippen LogP contribution in [0.25, 0.3) is 0 Å². The molecule has 1 N–H and O–H groups in total. The summed E-state index contributed by atoms with van der Waals surface area (Å²) >= 11 is 15.7. The van der Waals surface area contributed by atoms with Crippen molar-refractivity contribution < 1.29 is 18.3 Å². The van der Waals surface area contributed by atoms with Gasteiger partial charge in [0, 0.05) is 5.02 Å². The third-order valence-electron chi connectivity index (χ3n) is 1.91. The average Bonchev–Trinajstić information content (AvgIpc) is 2.16. The number of halogens is 6. The first-order chi connectivity index (χ1) is 7.16. The van der Waals surface area contributed by atoms with Gasteiger partial charge in [-0.15, -0.1) is 0 Å². The van der Waals surface area contributed by atoms with Crippen molar-refractivity contribution in [1.29, 1.82) is 0 Å². The summed E-state index contributed by atoms with van der Waals surface area (Å²) in [5, 5.41) is 9.78. The Morgan fingerprint density at radius 3 is 1.88 bits per heavy atom. The molecular formula is C9H6Cl3F3O. The molecule has 0 spiro atoms. The van der Waals surface area contributed by atoms with Gasteiger partial charge in [0.1, 0.15) is 6.10 Å². The lowest BCUT2D eigenvalue weighted by atomic mass is 10.1. The molecule has 1 rings (SSSR count). The first kappa shape index (κ1) is 13.9. The van der Waals surface area contributed by atoms with Crippen molar-refractivity contribution in [2.45, 2.75) is 16.6 Å². The zero-order chi connectivity index (χ0) is 12.6. The number of benzene rings is 1. The van der Waals surface area contributed by atoms with Gasteiger partial charge in [0.2, 0.25) is 4.33 Å². The maximum absolute atomic E-state index is 12.4. The number of hydrogen-bond donors (Lipinski definition) is 1. The van der Waals surface area contributed by atoms with Gasteiger partial charge in [-0.25, -0.2) is 0 Å². The Morgan fingerprint density at radius 1 is 1.06 bits per heavy atom. The molecule has 0 amide bonds. The molecule has 1 aromatic rings. The molecule has 0 aromatic heterocycles. The van der Waals surface area contributed by atoms with E-state index in [1.54, 1.807) is 0 Å². The number of aliphatic hydroxyl groups is 1. The minimum absolute atomic E-state index is 0.0632. The monoisotopic (exact) mass is 292 g/mol. The van der Waals surface area contributed by atoms with E-state index in [-0.39, 0.29) is 5.56 Å². The maximum atomic E-state index is 12.4. The van der Waals surface area contributed by atoms with Gasteiger partial charge in [-0.3, -0.25) is 0 Å². The van der Waals surface area contributed by atoms with E-state index in [1.807, 2.05) is 0 Å². The summed E-state index contributed by atoms with van der Waals surface area (Å²) in [4.78, 5) is 0. The number of aliphatic hydroxyl groups excluding tert-OH is 1. The van der Waals surface area contributed by atoms with Crippen LogP contribution in [0.1, 0.15) is 11.7 Å². The Labute approximate surface area is 105 Å². The topological polar surface area (TPSA) is 20.2 Å². The number of hydrogen-bond acceptors (Lipinski definition) is 1. The van der Waals surface area contributed by atoms with Crippen molar-refractivity contribution in [2.24, 2.45) is 0 Å². The molecule has 0 saturated heterocycles. The molecular weight excluding hydrogens is 287 g/mol. The molecule has 1 atom stereocenters. The van der Waals surface area contributed by atoms with Crippen LogP contribution in [0.3, 0.4) is 0 Å². The maximum Gasteiger partial charge on any atom is 0.424 e. The van der Waals surface area contributed by atoms with E-state index < -0.39 is 16.6 Å². The predicted octanol–water partition coefficient (Wildman–Crippen LogP) is 4.11. The highest BCUT2D eigenvalue weighted by atomic mass is 35.5. The molecule has 0 aliphatic rings. The van der Waals surface area contributed by atoms with Gasteiger partial charge >= 0.3 is 6.18 Å². The van der Waals surface area contributed by atoms with Gasteiger partial charge in [0.15, 0.2) is 0 Å². The second-order valence-electron chi connectivity index (χ2n) is 3.07. The van der Waals surface area contributed by atoms with E-state index in [1.165, 1.54) is 24.3 Å². The van der Waals surface area contributed by atoms with Crippen LogP contribution >= 0.6 is 34.8 Å². The fourth-order valence-electron chi connectivity index (χ4n) is 1.01. The van der Waals surface area contributed by atoms with Crippen LogP contribution in [0.15, 0.2) is 24.3 Å². The van der Waals surface area contributed by atoms with Crippen LogP contribution in [0.4, 0.5) is 13.2 Å². The van der Waals surface area contributed by atoms with Crippen LogP contribution in [0.2, 0.25) is 5.02 Å². The second-order valence-corrected chi connectivity index (χ2v) is 4.90. The van der Waals surface area contributed by atoms with Crippen molar-refractivity contribution in [3.63, 3.8) is 0 Å². The SMILES string of the molecule is OC(c1ccc(Cl)cc1)C(Cl)(Cl)C(F)(F)F. The molecule has 1 nitrogen and oxygen atoms in total. The fourth-order valence-corrected chi connectivity index (χ4v) is 1.39. The molecule has 0 saturated carbocycles. The van der Waals surface area contributed by atoms with E-state index in [0.717, 1.165) is 0 Å². The van der Waals surface area contributed by atoms with Crippen LogP contribution < -0.4 is 0 Å². The lowest BCUT2D eigenvalue weighted by molar-refractivity contribution is -0.162. The predicted molar refractivity (Wildman–Crippen MR) is 56.9 cm³/mol. The van der Waals surface area contributed by atoms with Gasteiger partial charge < -0.3 is 5.11 Å². The molecule has 7 heteroatoms. The molecule has 0 radical (unpaired) electrons. The van der Waals surface area contributed by atoms with Crippen LogP contribution in [-0.2, 0) is 0 Å². The van der Waals surface area contributed by atoms with Crippen LogP contribution in [0.5, 0.6) is 0 Å². The Hall–Kier alpha value is -0.160. The van der Waals surface area contributed by atoms with E-state index >= 15 is 0 Å². The van der Waals surface area contributed by atoms with Crippen molar-refractivity contribution >= 4 is 34.8 Å². The highest BCUT2D eigenvalue weighted by molar-refractivity contribution is 6.49. The normalized spacial score (nSPS) is 14.9. The molecule has 1 unspecified atom stereocenters. The zero-order valence-electron chi connectivity index (χ0n) is 7.60. The molecule has 0 bridgehead atoms. The quantitative estimate of drug-likeness (QED) is 0.814. The van der Waals surface area contributed by atoms with E-state index in [2.05, 4.69) is 0 Å². The second kappa shape index (κ2) is 4.61. The summed E-state index contributed by atoms with van der Waals surface area (Å²) in [7, 11) is 0. The third kappa shape index (κ3) is 2.74. The molecule has 0 heterocycles. The molecule has 0 fully saturated rings. The number of rotatable bonds is 2. The van der Waals surface area contributed by atoms with Crippen LogP contribution in [-0.4, -0.2) is 15.6 Å². The summed E-state index contributed by atoms with van der Waals surface area (Å²) in [6.07, 6.45) is -7.01. The van der Waals surface area contributed by atoms with Gasteiger partial charge in [-0.1, -0.05) is 46.9 Å². The molecule has 90 valence electrons. The summed E-state index contributed by atoms with van der Waals surface area (Å²) in [6, 6.07) is 5.11. The standard InChI is InChI=1S/C9H6Cl3F3O/c10-6-3-1-5(2-4-6)7(16)8(11,12)9(13,14)15/h1-4,7,16H. The highest BCUT2D eigenvalue weighted by Crippen LogP contribution is 2.48. The summed E-state index contributed by atoms with van der Waals surface area (Å²) < 4.78 is 33.9. The van der Waals surface area contributed by atoms with Gasteiger partial charge in [-0.05, 0) is 17.7 Å².